The molecule has 33 heavy (non-hydrogen) atoms. The summed E-state index contributed by atoms with van der Waals surface area (Å²) in [5, 5.41) is 12.0. The van der Waals surface area contributed by atoms with E-state index in [0.29, 0.717) is 5.56 Å². The maximum atomic E-state index is 14.3. The first-order valence-electron chi connectivity index (χ1n) is 10.5. The van der Waals surface area contributed by atoms with Gasteiger partial charge in [-0.05, 0) is 19.1 Å². The molecule has 0 unspecified atom stereocenters. The van der Waals surface area contributed by atoms with Gasteiger partial charge in [0, 0.05) is 23.9 Å². The molecule has 3 aromatic rings. The number of aromatic hydroxyl groups is 1. The first kappa shape index (κ1) is 22.1. The molecule has 0 aliphatic carbocycles. The van der Waals surface area contributed by atoms with E-state index in [1.54, 1.807) is 29.3 Å². The van der Waals surface area contributed by atoms with Crippen LogP contribution in [0.15, 0.2) is 83.8 Å². The summed E-state index contributed by atoms with van der Waals surface area (Å²) in [6.07, 6.45) is 4.93. The van der Waals surface area contributed by atoms with E-state index in [1.165, 1.54) is 27.9 Å². The van der Waals surface area contributed by atoms with Crippen LogP contribution in [0.25, 0.3) is 0 Å². The zero-order chi connectivity index (χ0) is 23.4. The van der Waals surface area contributed by atoms with Gasteiger partial charge in [-0.2, -0.15) is 0 Å². The first-order chi connectivity index (χ1) is 16.0. The van der Waals surface area contributed by atoms with Gasteiger partial charge in [0.05, 0.1) is 6.54 Å². The number of nitrogens with zero attached hydrogens (tertiary/aromatic N) is 3. The number of pyridine rings is 1. The Bertz CT molecular complexity index is 1200. The molecule has 2 aliphatic heterocycles. The standard InChI is InChI=1S/C19H18FN3O4.C6H6/c1-12-4-3-9-27-18-13(5-2-6-14(18)20)10-21-11-22(12)19(26)16-17(25)15(24)7-8-23(16)21;1-2-4-6-5-3-1/h2-8,12,25H,9-11H2,1H3;1-6H/b4-3+;/t12-;/m1./s1. The van der Waals surface area contributed by atoms with E-state index in [0.717, 1.165) is 0 Å². The van der Waals surface area contributed by atoms with Crippen LogP contribution in [0.4, 0.5) is 4.39 Å². The lowest BCUT2D eigenvalue weighted by atomic mass is 10.1. The Morgan fingerprint density at radius 3 is 2.42 bits per heavy atom. The summed E-state index contributed by atoms with van der Waals surface area (Å²) in [6, 6.07) is 17.5. The van der Waals surface area contributed by atoms with Gasteiger partial charge in [0.25, 0.3) is 5.91 Å². The number of hydrogen-bond acceptors (Lipinski definition) is 5. The van der Waals surface area contributed by atoms with E-state index in [-0.39, 0.29) is 37.3 Å². The highest BCUT2D eigenvalue weighted by Gasteiger charge is 2.34. The number of aromatic nitrogens is 1. The second-order valence-corrected chi connectivity index (χ2v) is 7.67. The highest BCUT2D eigenvalue weighted by Crippen LogP contribution is 2.28. The van der Waals surface area contributed by atoms with Crippen LogP contribution in [-0.2, 0) is 6.54 Å². The minimum absolute atomic E-state index is 0.105. The molecule has 0 saturated heterocycles. The summed E-state index contributed by atoms with van der Waals surface area (Å²) in [6.45, 7) is 2.41. The number of amides is 1. The van der Waals surface area contributed by atoms with Crippen molar-refractivity contribution in [3.63, 3.8) is 0 Å². The highest BCUT2D eigenvalue weighted by atomic mass is 19.1. The first-order valence-corrected chi connectivity index (χ1v) is 10.5. The molecule has 1 N–H and O–H groups in total. The van der Waals surface area contributed by atoms with Gasteiger partial charge < -0.3 is 14.7 Å². The maximum absolute atomic E-state index is 14.3. The average Bonchev–Trinajstić information content (AvgIpc) is 2.85. The zero-order valence-corrected chi connectivity index (χ0v) is 18.1. The molecule has 1 aromatic heterocycles. The van der Waals surface area contributed by atoms with Crippen molar-refractivity contribution in [1.82, 2.24) is 9.58 Å². The quantitative estimate of drug-likeness (QED) is 0.534. The van der Waals surface area contributed by atoms with Crippen LogP contribution in [0, 0.1) is 5.82 Å². The third kappa shape index (κ3) is 4.59. The summed E-state index contributed by atoms with van der Waals surface area (Å²) in [7, 11) is 0. The number of carbonyl (C=O) groups excluding carboxylic acids is 1. The number of fused-ring (bicyclic) bond motifs is 5. The summed E-state index contributed by atoms with van der Waals surface area (Å²) in [5.74, 6) is -1.37. The smallest absolute Gasteiger partial charge is 0.278 e. The molecule has 170 valence electrons. The van der Waals surface area contributed by atoms with Crippen molar-refractivity contribution >= 4 is 5.91 Å². The number of carbonyl (C=O) groups is 1. The van der Waals surface area contributed by atoms with E-state index in [2.05, 4.69) is 0 Å². The number of ether oxygens (including phenoxy) is 1. The number of rotatable bonds is 0. The van der Waals surface area contributed by atoms with Gasteiger partial charge in [0.1, 0.15) is 13.3 Å². The molecule has 2 aliphatic rings. The normalized spacial score (nSPS) is 18.0. The molecule has 0 fully saturated rings. The molecule has 8 heteroatoms. The molecule has 0 saturated carbocycles. The van der Waals surface area contributed by atoms with Crippen LogP contribution in [0.2, 0.25) is 0 Å². The van der Waals surface area contributed by atoms with E-state index in [4.69, 9.17) is 4.74 Å². The van der Waals surface area contributed by atoms with E-state index < -0.39 is 22.9 Å². The Kier molecular flexibility index (Phi) is 6.44. The van der Waals surface area contributed by atoms with Crippen molar-refractivity contribution in [2.45, 2.75) is 19.5 Å². The van der Waals surface area contributed by atoms with Crippen molar-refractivity contribution < 1.29 is 19.0 Å². The van der Waals surface area contributed by atoms with Crippen molar-refractivity contribution in [3.05, 3.63) is 106 Å². The predicted octanol–water partition coefficient (Wildman–Crippen LogP) is 3.27. The fourth-order valence-electron chi connectivity index (χ4n) is 3.75. The topological polar surface area (TPSA) is 75.0 Å². The second-order valence-electron chi connectivity index (χ2n) is 7.67. The summed E-state index contributed by atoms with van der Waals surface area (Å²) in [4.78, 5) is 26.3. The van der Waals surface area contributed by atoms with Crippen molar-refractivity contribution in [3.8, 4) is 11.5 Å². The SMILES string of the molecule is C[C@@H]1/C=C/COc2c(F)cccc2CN2CN1C(=O)c1c(O)c(=O)ccn12.c1ccccc1. The van der Waals surface area contributed by atoms with E-state index >= 15 is 0 Å². The van der Waals surface area contributed by atoms with Crippen LogP contribution >= 0.6 is 0 Å². The minimum Gasteiger partial charge on any atom is -0.502 e. The van der Waals surface area contributed by atoms with Gasteiger partial charge in [-0.25, -0.2) is 4.39 Å². The number of hydrogen-bond donors (Lipinski definition) is 1. The number of para-hydroxylation sites is 1. The Hall–Kier alpha value is -4.07. The summed E-state index contributed by atoms with van der Waals surface area (Å²) in [5.41, 5.74) is -0.137. The van der Waals surface area contributed by atoms with Gasteiger partial charge in [0.2, 0.25) is 5.43 Å². The molecular formula is C25H24FN3O4. The highest BCUT2D eigenvalue weighted by molar-refractivity contribution is 5.96. The Morgan fingerprint density at radius 1 is 1.03 bits per heavy atom. The van der Waals surface area contributed by atoms with Crippen LogP contribution < -0.4 is 15.2 Å². The maximum Gasteiger partial charge on any atom is 0.278 e. The van der Waals surface area contributed by atoms with Crippen LogP contribution in [0.5, 0.6) is 11.5 Å². The van der Waals surface area contributed by atoms with Crippen molar-refractivity contribution in [2.24, 2.45) is 0 Å². The van der Waals surface area contributed by atoms with Crippen LogP contribution in [0.3, 0.4) is 0 Å². The van der Waals surface area contributed by atoms with Gasteiger partial charge >= 0.3 is 0 Å². The van der Waals surface area contributed by atoms with E-state index in [9.17, 15) is 19.1 Å². The molecule has 3 heterocycles. The van der Waals surface area contributed by atoms with Gasteiger partial charge in [-0.15, -0.1) is 0 Å². The Balaban J connectivity index is 0.000000376. The van der Waals surface area contributed by atoms with Gasteiger partial charge in [-0.1, -0.05) is 54.6 Å². The fourth-order valence-corrected chi connectivity index (χ4v) is 3.75. The predicted molar refractivity (Wildman–Crippen MR) is 122 cm³/mol. The Morgan fingerprint density at radius 2 is 1.73 bits per heavy atom. The molecule has 2 aromatic carbocycles. The van der Waals surface area contributed by atoms with Crippen LogP contribution in [0.1, 0.15) is 23.0 Å². The lowest BCUT2D eigenvalue weighted by molar-refractivity contribution is 0.0649. The summed E-state index contributed by atoms with van der Waals surface area (Å²) < 4.78 is 21.3. The van der Waals surface area contributed by atoms with Crippen LogP contribution in [-0.4, -0.2) is 39.9 Å². The molecule has 0 radical (unpaired) electrons. The zero-order valence-electron chi connectivity index (χ0n) is 18.1. The molecule has 2 bridgehead atoms. The molecule has 5 rings (SSSR count). The monoisotopic (exact) mass is 449 g/mol. The number of halogens is 1. The fraction of sp³-hybridized carbons (Fsp3) is 0.200. The lowest BCUT2D eigenvalue weighted by Gasteiger charge is -2.41. The lowest BCUT2D eigenvalue weighted by Crippen LogP contribution is -2.55. The second kappa shape index (κ2) is 9.60. The molecule has 1 amide bonds. The third-order valence-electron chi connectivity index (χ3n) is 5.44. The number of benzene rings is 2. The molecule has 0 spiro atoms. The molecule has 7 nitrogen and oxygen atoms in total. The van der Waals surface area contributed by atoms with Crippen molar-refractivity contribution in [1.29, 1.82) is 0 Å². The van der Waals surface area contributed by atoms with E-state index in [1.807, 2.05) is 43.3 Å². The average molecular weight is 449 g/mol. The largest absolute Gasteiger partial charge is 0.502 e. The minimum atomic E-state index is -0.626. The molecule has 1 atom stereocenters. The Labute approximate surface area is 190 Å². The summed E-state index contributed by atoms with van der Waals surface area (Å²) >= 11 is 0. The third-order valence-corrected chi connectivity index (χ3v) is 5.44. The molecular weight excluding hydrogens is 425 g/mol. The van der Waals surface area contributed by atoms with Gasteiger partial charge in [-0.3, -0.25) is 19.3 Å². The van der Waals surface area contributed by atoms with Gasteiger partial charge in [0.15, 0.2) is 23.0 Å². The van der Waals surface area contributed by atoms with Crippen molar-refractivity contribution in [2.75, 3.05) is 18.3 Å².